The fraction of sp³-hybridized carbons (Fsp3) is 0.632. The molecular formula is C19H28N2O4S. The van der Waals surface area contributed by atoms with Gasteiger partial charge in [0.15, 0.2) is 0 Å². The van der Waals surface area contributed by atoms with E-state index in [1.807, 2.05) is 33.8 Å². The number of hydrogen-bond donors (Lipinski definition) is 0. The molecule has 0 saturated carbocycles. The Bertz CT molecular complexity index is 779. The molecule has 144 valence electrons. The quantitative estimate of drug-likeness (QED) is 0.804. The molecule has 0 N–H and O–H groups in total. The number of amides is 1. The van der Waals surface area contributed by atoms with Gasteiger partial charge in [0, 0.05) is 32.8 Å². The van der Waals surface area contributed by atoms with Gasteiger partial charge in [0.05, 0.1) is 4.90 Å². The summed E-state index contributed by atoms with van der Waals surface area (Å²) in [6.45, 7) is 9.74. The Balaban J connectivity index is 1.78. The van der Waals surface area contributed by atoms with Crippen LogP contribution in [0.15, 0.2) is 11.0 Å². The van der Waals surface area contributed by atoms with Crippen molar-refractivity contribution in [3.05, 3.63) is 28.3 Å². The molecule has 1 amide bonds. The average Bonchev–Trinajstić information content (AvgIpc) is 3.14. The van der Waals surface area contributed by atoms with Gasteiger partial charge in [-0.2, -0.15) is 4.31 Å². The molecule has 1 aromatic carbocycles. The van der Waals surface area contributed by atoms with Crippen LogP contribution >= 0.6 is 0 Å². The third-order valence-electron chi connectivity index (χ3n) is 5.65. The third-order valence-corrected chi connectivity index (χ3v) is 7.82. The van der Waals surface area contributed by atoms with Crippen molar-refractivity contribution < 1.29 is 17.9 Å². The Morgan fingerprint density at radius 1 is 1.04 bits per heavy atom. The predicted octanol–water partition coefficient (Wildman–Crippen LogP) is 1.93. The van der Waals surface area contributed by atoms with Crippen LogP contribution in [0.5, 0.6) is 0 Å². The molecule has 6 nitrogen and oxygen atoms in total. The Kier molecular flexibility index (Phi) is 5.42. The lowest BCUT2D eigenvalue weighted by atomic mass is 10.0. The first kappa shape index (κ1) is 19.3. The van der Waals surface area contributed by atoms with E-state index in [1.165, 1.54) is 4.31 Å². The number of sulfonamides is 1. The molecule has 2 aliphatic heterocycles. The molecule has 0 aliphatic carbocycles. The van der Waals surface area contributed by atoms with Gasteiger partial charge in [-0.05, 0) is 62.8 Å². The van der Waals surface area contributed by atoms with Crippen molar-refractivity contribution in [2.45, 2.75) is 51.5 Å². The number of carbonyl (C=O) groups is 1. The second kappa shape index (κ2) is 7.29. The lowest BCUT2D eigenvalue weighted by Gasteiger charge is -2.35. The molecule has 26 heavy (non-hydrogen) atoms. The van der Waals surface area contributed by atoms with Crippen molar-refractivity contribution in [3.8, 4) is 0 Å². The van der Waals surface area contributed by atoms with Gasteiger partial charge in [0.2, 0.25) is 10.0 Å². The van der Waals surface area contributed by atoms with E-state index in [-0.39, 0.29) is 12.0 Å². The van der Waals surface area contributed by atoms with Gasteiger partial charge >= 0.3 is 0 Å². The number of ether oxygens (including phenoxy) is 1. The van der Waals surface area contributed by atoms with Gasteiger partial charge in [-0.1, -0.05) is 6.07 Å². The van der Waals surface area contributed by atoms with Crippen LogP contribution in [-0.4, -0.2) is 62.4 Å². The van der Waals surface area contributed by atoms with Crippen molar-refractivity contribution in [2.24, 2.45) is 0 Å². The summed E-state index contributed by atoms with van der Waals surface area (Å²) in [5.74, 6) is -0.00157. The third kappa shape index (κ3) is 3.40. The molecule has 0 bridgehead atoms. The largest absolute Gasteiger partial charge is 0.368 e. The molecule has 2 aliphatic rings. The zero-order valence-electron chi connectivity index (χ0n) is 16.0. The number of hydrogen-bond acceptors (Lipinski definition) is 4. The van der Waals surface area contributed by atoms with Crippen molar-refractivity contribution in [2.75, 3.05) is 32.8 Å². The molecule has 0 spiro atoms. The lowest BCUT2D eigenvalue weighted by molar-refractivity contribution is -0.142. The van der Waals surface area contributed by atoms with E-state index in [0.717, 1.165) is 35.1 Å². The maximum Gasteiger partial charge on any atom is 0.251 e. The molecule has 0 unspecified atom stereocenters. The van der Waals surface area contributed by atoms with Crippen LogP contribution in [0.2, 0.25) is 0 Å². The van der Waals surface area contributed by atoms with E-state index < -0.39 is 10.0 Å². The zero-order valence-corrected chi connectivity index (χ0v) is 16.9. The van der Waals surface area contributed by atoms with Crippen LogP contribution in [0.3, 0.4) is 0 Å². The van der Waals surface area contributed by atoms with E-state index >= 15 is 0 Å². The fourth-order valence-corrected chi connectivity index (χ4v) is 5.82. The first-order valence-corrected chi connectivity index (χ1v) is 10.7. The first-order chi connectivity index (χ1) is 12.2. The molecule has 2 fully saturated rings. The molecule has 3 rings (SSSR count). The average molecular weight is 381 g/mol. The number of rotatable bonds is 3. The maximum atomic E-state index is 13.3. The van der Waals surface area contributed by atoms with Gasteiger partial charge in [-0.3, -0.25) is 4.79 Å². The first-order valence-electron chi connectivity index (χ1n) is 9.21. The molecule has 1 atom stereocenters. The van der Waals surface area contributed by atoms with Crippen molar-refractivity contribution >= 4 is 15.9 Å². The zero-order chi connectivity index (χ0) is 19.1. The Labute approximate surface area is 156 Å². The van der Waals surface area contributed by atoms with Crippen LogP contribution in [-0.2, 0) is 19.6 Å². The minimum Gasteiger partial charge on any atom is -0.368 e. The monoisotopic (exact) mass is 380 g/mol. The maximum absolute atomic E-state index is 13.3. The van der Waals surface area contributed by atoms with Gasteiger partial charge in [0.1, 0.15) is 6.10 Å². The van der Waals surface area contributed by atoms with E-state index in [4.69, 9.17) is 4.74 Å². The highest BCUT2D eigenvalue weighted by molar-refractivity contribution is 7.89. The summed E-state index contributed by atoms with van der Waals surface area (Å²) in [6, 6.07) is 2.03. The van der Waals surface area contributed by atoms with E-state index in [2.05, 4.69) is 0 Å². The summed E-state index contributed by atoms with van der Waals surface area (Å²) in [6.07, 6.45) is 1.33. The predicted molar refractivity (Wildman–Crippen MR) is 99.7 cm³/mol. The Morgan fingerprint density at radius 3 is 2.12 bits per heavy atom. The second-order valence-electron chi connectivity index (χ2n) is 7.32. The highest BCUT2D eigenvalue weighted by Crippen LogP contribution is 2.29. The minimum absolute atomic E-state index is 0.00157. The standard InChI is InChI=1S/C19H28N2O4S/c1-13-12-14(2)16(4)18(15(13)3)26(23,24)21-9-7-20(8-10-21)19(22)17-6-5-11-25-17/h12,17H,5-11H2,1-4H3/t17-/m1/s1. The second-order valence-corrected chi connectivity index (χ2v) is 9.20. The van der Waals surface area contributed by atoms with Crippen molar-refractivity contribution in [1.29, 1.82) is 0 Å². The number of nitrogens with zero attached hydrogens (tertiary/aromatic N) is 2. The summed E-state index contributed by atoms with van der Waals surface area (Å²) >= 11 is 0. The summed E-state index contributed by atoms with van der Waals surface area (Å²) in [7, 11) is -3.57. The van der Waals surface area contributed by atoms with Gasteiger partial charge < -0.3 is 9.64 Å². The Hall–Kier alpha value is -1.44. The van der Waals surface area contributed by atoms with Crippen molar-refractivity contribution in [3.63, 3.8) is 0 Å². The number of aryl methyl sites for hydroxylation is 2. The molecule has 7 heteroatoms. The van der Waals surface area contributed by atoms with Gasteiger partial charge in [-0.15, -0.1) is 0 Å². The molecule has 2 heterocycles. The van der Waals surface area contributed by atoms with Crippen molar-refractivity contribution in [1.82, 2.24) is 9.21 Å². The van der Waals surface area contributed by atoms with Crippen LogP contribution < -0.4 is 0 Å². The summed E-state index contributed by atoms with van der Waals surface area (Å²) in [4.78, 5) is 14.6. The highest BCUT2D eigenvalue weighted by Gasteiger charge is 2.35. The molecular weight excluding hydrogens is 352 g/mol. The van der Waals surface area contributed by atoms with Crippen LogP contribution in [0, 0.1) is 27.7 Å². The van der Waals surface area contributed by atoms with Crippen LogP contribution in [0.4, 0.5) is 0 Å². The fourth-order valence-electron chi connectivity index (χ4n) is 3.82. The molecule has 2 saturated heterocycles. The lowest BCUT2D eigenvalue weighted by Crippen LogP contribution is -2.52. The molecule has 0 radical (unpaired) electrons. The highest BCUT2D eigenvalue weighted by atomic mass is 32.2. The van der Waals surface area contributed by atoms with Gasteiger partial charge in [-0.25, -0.2) is 8.42 Å². The van der Waals surface area contributed by atoms with Crippen LogP contribution in [0.25, 0.3) is 0 Å². The van der Waals surface area contributed by atoms with Gasteiger partial charge in [0.25, 0.3) is 5.91 Å². The molecule has 0 aromatic heterocycles. The number of piperazine rings is 1. The van der Waals surface area contributed by atoms with E-state index in [1.54, 1.807) is 4.90 Å². The number of benzene rings is 1. The SMILES string of the molecule is Cc1cc(C)c(C)c(S(=O)(=O)N2CCN(C(=O)[C@H]3CCCO3)CC2)c1C. The topological polar surface area (TPSA) is 66.9 Å². The smallest absolute Gasteiger partial charge is 0.251 e. The van der Waals surface area contributed by atoms with E-state index in [0.29, 0.717) is 37.7 Å². The summed E-state index contributed by atoms with van der Waals surface area (Å²) in [5, 5.41) is 0. The Morgan fingerprint density at radius 2 is 1.62 bits per heavy atom. The summed E-state index contributed by atoms with van der Waals surface area (Å²) in [5.41, 5.74) is 3.59. The number of carbonyl (C=O) groups excluding carboxylic acids is 1. The normalized spacial score (nSPS) is 22.0. The molecule has 1 aromatic rings. The van der Waals surface area contributed by atoms with Crippen LogP contribution in [0.1, 0.15) is 35.1 Å². The van der Waals surface area contributed by atoms with E-state index in [9.17, 15) is 13.2 Å². The minimum atomic E-state index is -3.57. The summed E-state index contributed by atoms with van der Waals surface area (Å²) < 4.78 is 33.5.